The van der Waals surface area contributed by atoms with Gasteiger partial charge in [0.25, 0.3) is 0 Å². The first-order valence-electron chi connectivity index (χ1n) is 12.9. The minimum atomic E-state index is -1.08. The van der Waals surface area contributed by atoms with Gasteiger partial charge in [0.05, 0.1) is 18.6 Å². The second kappa shape index (κ2) is 7.26. The molecule has 1 N–H and O–H groups in total. The van der Waals surface area contributed by atoms with Gasteiger partial charge in [-0.25, -0.2) is 9.59 Å². The highest BCUT2D eigenvalue weighted by Crippen LogP contribution is 2.79. The minimum absolute atomic E-state index is 0.269. The molecule has 5 aliphatic rings. The van der Waals surface area contributed by atoms with Crippen LogP contribution in [-0.4, -0.2) is 52.5 Å². The summed E-state index contributed by atoms with van der Waals surface area (Å²) in [6, 6.07) is 1.75. The zero-order chi connectivity index (χ0) is 26.8. The second-order valence-electron chi connectivity index (χ2n) is 12.7. The van der Waals surface area contributed by atoms with Crippen molar-refractivity contribution >= 4 is 17.9 Å². The Balaban J connectivity index is 1.59. The van der Waals surface area contributed by atoms with Gasteiger partial charge in [0.1, 0.15) is 23.4 Å². The fourth-order valence-electron chi connectivity index (χ4n) is 9.29. The molecule has 2 saturated carbocycles. The highest BCUT2D eigenvalue weighted by atomic mass is 16.7. The van der Waals surface area contributed by atoms with Gasteiger partial charge in [0, 0.05) is 41.2 Å². The van der Waals surface area contributed by atoms with E-state index in [0.717, 1.165) is 0 Å². The van der Waals surface area contributed by atoms with Crippen molar-refractivity contribution in [1.82, 2.24) is 0 Å². The third-order valence-corrected chi connectivity index (χ3v) is 10.4. The van der Waals surface area contributed by atoms with Gasteiger partial charge in [-0.1, -0.05) is 26.8 Å². The van der Waals surface area contributed by atoms with E-state index < -0.39 is 75.7 Å². The topological polar surface area (TPSA) is 125 Å². The molecule has 0 bridgehead atoms. The maximum Gasteiger partial charge on any atom is 0.339 e. The van der Waals surface area contributed by atoms with Crippen LogP contribution in [0.1, 0.15) is 66.1 Å². The van der Waals surface area contributed by atoms with Gasteiger partial charge >= 0.3 is 17.9 Å². The molecule has 9 heteroatoms. The molecule has 0 amide bonds. The molecule has 2 saturated heterocycles. The minimum Gasteiger partial charge on any atom is -0.472 e. The van der Waals surface area contributed by atoms with E-state index in [4.69, 9.17) is 23.4 Å². The fraction of sp³-hybridized carbons (Fsp3) is 0.679. The molecule has 3 aliphatic heterocycles. The van der Waals surface area contributed by atoms with Crippen molar-refractivity contribution < 1.29 is 42.9 Å². The largest absolute Gasteiger partial charge is 0.472 e. The van der Waals surface area contributed by atoms with Crippen LogP contribution in [0.2, 0.25) is 0 Å². The molecule has 1 aromatic rings. The number of hydrogen-bond acceptors (Lipinski definition) is 9. The first-order chi connectivity index (χ1) is 17.2. The number of furan rings is 1. The van der Waals surface area contributed by atoms with Gasteiger partial charge in [0.2, 0.25) is 0 Å². The summed E-state index contributed by atoms with van der Waals surface area (Å²) in [5.74, 6) is -2.21. The molecular weight excluding hydrogens is 480 g/mol. The number of allylic oxidation sites excluding steroid dienone is 1. The number of hydrogen-bond donors (Lipinski definition) is 1. The number of aliphatic hydroxyl groups is 1. The lowest BCUT2D eigenvalue weighted by Crippen LogP contribution is -2.75. The Bertz CT molecular complexity index is 1200. The average Bonchev–Trinajstić information content (AvgIpc) is 3.38. The lowest BCUT2D eigenvalue weighted by molar-refractivity contribution is -0.281. The summed E-state index contributed by atoms with van der Waals surface area (Å²) < 4.78 is 29.5. The van der Waals surface area contributed by atoms with Crippen LogP contribution in [-0.2, 0) is 33.3 Å². The Morgan fingerprint density at radius 2 is 1.86 bits per heavy atom. The number of ether oxygens (including phenoxy) is 4. The third-order valence-electron chi connectivity index (χ3n) is 10.4. The quantitative estimate of drug-likeness (QED) is 0.360. The number of esters is 3. The molecule has 4 heterocycles. The van der Waals surface area contributed by atoms with Crippen LogP contribution >= 0.6 is 0 Å². The molecule has 1 unspecified atom stereocenters. The van der Waals surface area contributed by atoms with E-state index in [0.29, 0.717) is 12.0 Å². The first kappa shape index (κ1) is 24.7. The van der Waals surface area contributed by atoms with Crippen molar-refractivity contribution in [1.29, 1.82) is 0 Å². The summed E-state index contributed by atoms with van der Waals surface area (Å²) in [6.45, 7) is 11.0. The maximum absolute atomic E-state index is 13.3. The van der Waals surface area contributed by atoms with Crippen LogP contribution in [0.25, 0.3) is 0 Å². The van der Waals surface area contributed by atoms with Crippen LogP contribution in [0.15, 0.2) is 35.2 Å². The normalized spacial score (nSPS) is 49.3. The van der Waals surface area contributed by atoms with Crippen LogP contribution in [0, 0.1) is 28.1 Å². The van der Waals surface area contributed by atoms with Crippen LogP contribution in [0.4, 0.5) is 0 Å². The van der Waals surface area contributed by atoms with E-state index in [9.17, 15) is 19.5 Å². The highest BCUT2D eigenvalue weighted by Gasteiger charge is 2.89. The molecule has 9 nitrogen and oxygen atoms in total. The van der Waals surface area contributed by atoms with Crippen molar-refractivity contribution in [2.24, 2.45) is 28.1 Å². The lowest BCUT2D eigenvalue weighted by Gasteiger charge is -2.68. The van der Waals surface area contributed by atoms with Gasteiger partial charge in [-0.2, -0.15) is 0 Å². The Morgan fingerprint density at radius 3 is 2.51 bits per heavy atom. The zero-order valence-corrected chi connectivity index (χ0v) is 22.0. The summed E-state index contributed by atoms with van der Waals surface area (Å²) in [7, 11) is 0. The molecule has 4 fully saturated rings. The van der Waals surface area contributed by atoms with E-state index in [-0.39, 0.29) is 12.3 Å². The smallest absolute Gasteiger partial charge is 0.339 e. The van der Waals surface area contributed by atoms with E-state index in [1.54, 1.807) is 12.3 Å². The third kappa shape index (κ3) is 2.84. The molecule has 10 atom stereocenters. The molecule has 200 valence electrons. The fourth-order valence-corrected chi connectivity index (χ4v) is 9.29. The Hall–Kier alpha value is -2.65. The van der Waals surface area contributed by atoms with E-state index in [1.165, 1.54) is 19.3 Å². The average molecular weight is 515 g/mol. The summed E-state index contributed by atoms with van der Waals surface area (Å²) >= 11 is 0. The standard InChI is InChI=1S/C28H34O9/c1-14(29)34-18-11-17-24(2,3)36-19(31)7-9-25(17,4)20-16(30)12-26(5)21(15-8-10-33-13-15)35-23(32)22-28(26,37-22)27(18,20)6/h7-10,13,16-18,20-22,30H,11-12H2,1-6H3/t16-,17-,18+,20+,21-,22?,25-,26-,27+,28+/m0/s1. The van der Waals surface area contributed by atoms with Gasteiger partial charge in [0.15, 0.2) is 6.10 Å². The molecule has 2 aliphatic carbocycles. The number of carbonyl (C=O) groups excluding carboxylic acids is 3. The Labute approximate surface area is 215 Å². The zero-order valence-electron chi connectivity index (χ0n) is 22.0. The first-order valence-corrected chi connectivity index (χ1v) is 12.9. The van der Waals surface area contributed by atoms with Crippen LogP contribution in [0.3, 0.4) is 0 Å². The maximum atomic E-state index is 13.3. The van der Waals surface area contributed by atoms with Crippen molar-refractivity contribution in [3.8, 4) is 0 Å². The van der Waals surface area contributed by atoms with Gasteiger partial charge < -0.3 is 28.5 Å². The highest BCUT2D eigenvalue weighted by molar-refractivity contribution is 5.84. The molecule has 1 spiro atoms. The lowest BCUT2D eigenvalue weighted by atomic mass is 9.36. The van der Waals surface area contributed by atoms with Crippen molar-refractivity contribution in [2.75, 3.05) is 0 Å². The summed E-state index contributed by atoms with van der Waals surface area (Å²) in [5.41, 5.74) is -3.89. The predicted octanol–water partition coefficient (Wildman–Crippen LogP) is 3.26. The monoisotopic (exact) mass is 514 g/mol. The van der Waals surface area contributed by atoms with Crippen LogP contribution in [0.5, 0.6) is 0 Å². The van der Waals surface area contributed by atoms with Gasteiger partial charge in [-0.3, -0.25) is 4.79 Å². The molecule has 0 radical (unpaired) electrons. The number of rotatable bonds is 2. The van der Waals surface area contributed by atoms with Crippen molar-refractivity contribution in [3.05, 3.63) is 36.3 Å². The SMILES string of the molecule is CC(=O)O[C@@H]1C[C@H]2C(C)(C)OC(=O)C=C[C@]2(C)[C@H]2[C@@H](O)C[C@@]3(C)[C@H](c4ccoc4)OC(=O)C4O[C@]43[C@@]21C. The Kier molecular flexibility index (Phi) is 4.84. The number of carbonyl (C=O) groups is 3. The van der Waals surface area contributed by atoms with E-state index in [1.807, 2.05) is 40.7 Å². The van der Waals surface area contributed by atoms with Gasteiger partial charge in [-0.15, -0.1) is 0 Å². The number of epoxide rings is 1. The molecular formula is C28H34O9. The number of aliphatic hydroxyl groups excluding tert-OH is 1. The Morgan fingerprint density at radius 1 is 1.14 bits per heavy atom. The number of cyclic esters (lactones) is 2. The molecule has 1 aromatic heterocycles. The summed E-state index contributed by atoms with van der Waals surface area (Å²) in [5, 5.41) is 12.1. The van der Waals surface area contributed by atoms with E-state index >= 15 is 0 Å². The summed E-state index contributed by atoms with van der Waals surface area (Å²) in [6.07, 6.45) is 3.78. The summed E-state index contributed by atoms with van der Waals surface area (Å²) in [4.78, 5) is 38.4. The molecule has 37 heavy (non-hydrogen) atoms. The van der Waals surface area contributed by atoms with Gasteiger partial charge in [-0.05, 0) is 38.2 Å². The number of fused-ring (bicyclic) bond motifs is 3. The predicted molar refractivity (Wildman–Crippen MR) is 127 cm³/mol. The second-order valence-corrected chi connectivity index (χ2v) is 12.7. The van der Waals surface area contributed by atoms with E-state index in [2.05, 4.69) is 0 Å². The molecule has 0 aromatic carbocycles. The molecule has 6 rings (SSSR count). The van der Waals surface area contributed by atoms with Crippen molar-refractivity contribution in [3.63, 3.8) is 0 Å². The van der Waals surface area contributed by atoms with Crippen LogP contribution < -0.4 is 0 Å². The van der Waals surface area contributed by atoms with Crippen molar-refractivity contribution in [2.45, 2.75) is 90.0 Å².